The van der Waals surface area contributed by atoms with Gasteiger partial charge in [0.15, 0.2) is 0 Å². The molecule has 5 aliphatic rings. The number of anilines is 2. The van der Waals surface area contributed by atoms with Crippen LogP contribution in [-0.4, -0.2) is 118 Å². The Balaban J connectivity index is 0.684. The number of hydrogen-bond acceptors (Lipinski definition) is 13. The van der Waals surface area contributed by atoms with E-state index in [9.17, 15) is 29.2 Å². The van der Waals surface area contributed by atoms with Gasteiger partial charge in [-0.25, -0.2) is 9.97 Å². The monoisotopic (exact) mass is 824 g/mol. The highest BCUT2D eigenvalue weighted by Gasteiger charge is 2.45. The van der Waals surface area contributed by atoms with Crippen LogP contribution in [0, 0.1) is 17.2 Å². The Morgan fingerprint density at radius 2 is 1.62 bits per heavy atom. The number of ether oxygens (including phenoxy) is 1. The summed E-state index contributed by atoms with van der Waals surface area (Å²) in [5.74, 6) is -0.0744. The number of carbonyl (C=O) groups is 5. The van der Waals surface area contributed by atoms with Gasteiger partial charge in [-0.05, 0) is 106 Å². The fourth-order valence-electron chi connectivity index (χ4n) is 9.41. The maximum absolute atomic E-state index is 13.3. The third-order valence-electron chi connectivity index (χ3n) is 13.0. The van der Waals surface area contributed by atoms with Crippen LogP contribution >= 0.6 is 0 Å². The maximum Gasteiger partial charge on any atom is 0.271 e. The van der Waals surface area contributed by atoms with E-state index < -0.39 is 29.7 Å². The average Bonchev–Trinajstić information content (AvgIpc) is 3.54. The lowest BCUT2D eigenvalue weighted by Crippen LogP contribution is -2.54. The molecule has 4 aromatic rings. The van der Waals surface area contributed by atoms with Gasteiger partial charge in [0.05, 0.1) is 40.7 Å². The molecule has 0 spiro atoms. The molecule has 61 heavy (non-hydrogen) atoms. The molecule has 3 saturated heterocycles. The minimum atomic E-state index is -0.974. The summed E-state index contributed by atoms with van der Waals surface area (Å²) < 4.78 is 6.35. The molecule has 314 valence electrons. The summed E-state index contributed by atoms with van der Waals surface area (Å²) >= 11 is 0. The van der Waals surface area contributed by atoms with Gasteiger partial charge in [-0.15, -0.1) is 0 Å². The Bertz CT molecular complexity index is 2390. The number of pyridine rings is 1. The zero-order chi connectivity index (χ0) is 42.0. The minimum absolute atomic E-state index is 0.0147. The van der Waals surface area contributed by atoms with E-state index in [1.807, 2.05) is 24.3 Å². The molecular formula is C45H48N10O6. The smallest absolute Gasteiger partial charge is 0.271 e. The first-order chi connectivity index (χ1) is 29.7. The van der Waals surface area contributed by atoms with Crippen LogP contribution in [0.4, 0.5) is 11.5 Å². The first-order valence-electron chi connectivity index (χ1n) is 21.4. The first kappa shape index (κ1) is 40.0. The Labute approximate surface area is 353 Å². The number of benzene rings is 2. The molecule has 1 atom stereocenters. The second-order valence-corrected chi connectivity index (χ2v) is 16.7. The number of piperidine rings is 2. The lowest BCUT2D eigenvalue weighted by Gasteiger charge is -2.38. The molecule has 4 fully saturated rings. The van der Waals surface area contributed by atoms with E-state index in [1.54, 1.807) is 36.8 Å². The Hall–Kier alpha value is -6.47. The van der Waals surface area contributed by atoms with Gasteiger partial charge in [0, 0.05) is 69.0 Å². The molecule has 6 heterocycles. The van der Waals surface area contributed by atoms with Crippen LogP contribution in [0.2, 0.25) is 0 Å². The van der Waals surface area contributed by atoms with E-state index in [4.69, 9.17) is 4.74 Å². The first-order valence-corrected chi connectivity index (χ1v) is 21.4. The summed E-state index contributed by atoms with van der Waals surface area (Å²) in [5.41, 5.74) is 2.95. The van der Waals surface area contributed by atoms with Crippen LogP contribution in [0.1, 0.15) is 94.6 Å². The average molecular weight is 825 g/mol. The van der Waals surface area contributed by atoms with Gasteiger partial charge >= 0.3 is 0 Å². The topological polar surface area (TPSA) is 194 Å². The van der Waals surface area contributed by atoms with Gasteiger partial charge in [-0.1, -0.05) is 0 Å². The number of nitriles is 1. The van der Waals surface area contributed by atoms with E-state index in [2.05, 4.69) is 46.4 Å². The molecular weight excluding hydrogens is 777 g/mol. The van der Waals surface area contributed by atoms with Crippen molar-refractivity contribution in [2.45, 2.75) is 76.0 Å². The van der Waals surface area contributed by atoms with Crippen molar-refractivity contribution in [1.29, 1.82) is 5.26 Å². The molecule has 2 aromatic heterocycles. The van der Waals surface area contributed by atoms with Gasteiger partial charge in [-0.2, -0.15) is 5.26 Å². The minimum Gasteiger partial charge on any atom is -0.490 e. The largest absolute Gasteiger partial charge is 0.490 e. The quantitative estimate of drug-likeness (QED) is 0.219. The van der Waals surface area contributed by atoms with Crippen molar-refractivity contribution in [3.8, 4) is 11.8 Å². The molecule has 5 amide bonds. The van der Waals surface area contributed by atoms with E-state index in [1.165, 1.54) is 0 Å². The standard InChI is InChI=1S/C45H48N10O6/c46-25-29-3-11-38(34-2-1-16-47-41(29)34)61-32-7-4-30(5-8-32)50-42(57)36-26-49-39(27-48-36)54-18-14-28(15-19-54)13-17-52-20-22-53(23-21-52)31-6-9-33-35(24-31)45(60)55(44(33)59)37-10-12-40(56)51-43(37)58/h1-3,6,9,11,16,24,26-28,30,32,37H,4-5,7-8,10,12-15,17-23H2,(H,50,57)(H,51,56,58)/t30-,32-,37?. The molecule has 1 saturated carbocycles. The third-order valence-corrected chi connectivity index (χ3v) is 13.0. The molecule has 9 rings (SSSR count). The van der Waals surface area contributed by atoms with E-state index in [0.29, 0.717) is 33.8 Å². The van der Waals surface area contributed by atoms with Gasteiger partial charge in [-0.3, -0.25) is 44.1 Å². The van der Waals surface area contributed by atoms with Gasteiger partial charge in [0.25, 0.3) is 17.7 Å². The lowest BCUT2D eigenvalue weighted by atomic mass is 9.92. The highest BCUT2D eigenvalue weighted by molar-refractivity contribution is 6.23. The number of amides is 5. The fourth-order valence-corrected chi connectivity index (χ4v) is 9.41. The van der Waals surface area contributed by atoms with Crippen molar-refractivity contribution in [3.05, 3.63) is 83.4 Å². The number of piperazine rings is 1. The number of fused-ring (bicyclic) bond motifs is 2. The predicted molar refractivity (Wildman–Crippen MR) is 224 cm³/mol. The highest BCUT2D eigenvalue weighted by Crippen LogP contribution is 2.33. The fraction of sp³-hybridized carbons (Fsp3) is 0.444. The number of carbonyl (C=O) groups excluding carboxylic acids is 5. The van der Waals surface area contributed by atoms with Crippen LogP contribution < -0.4 is 25.2 Å². The van der Waals surface area contributed by atoms with Crippen molar-refractivity contribution in [1.82, 2.24) is 35.4 Å². The summed E-state index contributed by atoms with van der Waals surface area (Å²) in [7, 11) is 0. The van der Waals surface area contributed by atoms with E-state index in [0.717, 1.165) is 118 Å². The van der Waals surface area contributed by atoms with E-state index >= 15 is 0 Å². The predicted octanol–water partition coefficient (Wildman–Crippen LogP) is 3.85. The number of hydrogen-bond donors (Lipinski definition) is 2. The molecule has 4 aliphatic heterocycles. The summed E-state index contributed by atoms with van der Waals surface area (Å²) in [5, 5.41) is 15.7. The van der Waals surface area contributed by atoms with Crippen LogP contribution in [-0.2, 0) is 9.59 Å². The normalized spacial score (nSPS) is 22.5. The lowest BCUT2D eigenvalue weighted by molar-refractivity contribution is -0.136. The SMILES string of the molecule is N#Cc1ccc(O[C@H]2CC[C@H](NC(=O)c3cnc(N4CCC(CCN5CCN(c6ccc7c(c6)C(=O)N(C6CCC(=O)NC6=O)C7=O)CC5)CC4)cn3)CC2)c2cccnc12. The molecule has 16 nitrogen and oxygen atoms in total. The van der Waals surface area contributed by atoms with Crippen LogP contribution in [0.25, 0.3) is 10.9 Å². The van der Waals surface area contributed by atoms with Crippen molar-refractivity contribution in [2.75, 3.05) is 55.6 Å². The molecule has 0 bridgehead atoms. The Kier molecular flexibility index (Phi) is 11.3. The second-order valence-electron chi connectivity index (χ2n) is 16.7. The Morgan fingerprint density at radius 3 is 2.36 bits per heavy atom. The number of nitrogens with zero attached hydrogens (tertiary/aromatic N) is 8. The summed E-state index contributed by atoms with van der Waals surface area (Å²) in [6.07, 6.45) is 11.6. The number of nitrogens with one attached hydrogen (secondary N) is 2. The molecule has 1 unspecified atom stereocenters. The van der Waals surface area contributed by atoms with Crippen molar-refractivity contribution < 1.29 is 28.7 Å². The number of imide groups is 2. The number of rotatable bonds is 10. The highest BCUT2D eigenvalue weighted by atomic mass is 16.5. The van der Waals surface area contributed by atoms with Crippen LogP contribution in [0.15, 0.2) is 61.1 Å². The van der Waals surface area contributed by atoms with Crippen molar-refractivity contribution >= 4 is 51.9 Å². The zero-order valence-corrected chi connectivity index (χ0v) is 33.9. The maximum atomic E-state index is 13.3. The molecule has 2 aromatic carbocycles. The molecule has 2 N–H and O–H groups in total. The summed E-state index contributed by atoms with van der Waals surface area (Å²) in [6, 6.07) is 13.9. The second kappa shape index (κ2) is 17.3. The van der Waals surface area contributed by atoms with E-state index in [-0.39, 0.29) is 30.9 Å². The zero-order valence-electron chi connectivity index (χ0n) is 33.9. The molecule has 16 heteroatoms. The number of aromatic nitrogens is 3. The van der Waals surface area contributed by atoms with Gasteiger partial charge in [0.2, 0.25) is 11.8 Å². The molecule has 1 aliphatic carbocycles. The summed E-state index contributed by atoms with van der Waals surface area (Å²) in [6.45, 7) is 6.18. The van der Waals surface area contributed by atoms with Gasteiger partial charge in [0.1, 0.15) is 29.4 Å². The molecule has 0 radical (unpaired) electrons. The summed E-state index contributed by atoms with van der Waals surface area (Å²) in [4.78, 5) is 85.1. The van der Waals surface area contributed by atoms with Crippen molar-refractivity contribution in [3.63, 3.8) is 0 Å². The third kappa shape index (κ3) is 8.34. The van der Waals surface area contributed by atoms with Crippen LogP contribution in [0.3, 0.4) is 0 Å². The van der Waals surface area contributed by atoms with Crippen molar-refractivity contribution in [2.24, 2.45) is 5.92 Å². The Morgan fingerprint density at radius 1 is 0.836 bits per heavy atom. The van der Waals surface area contributed by atoms with Crippen LogP contribution in [0.5, 0.6) is 5.75 Å². The van der Waals surface area contributed by atoms with Gasteiger partial charge < -0.3 is 19.9 Å².